The van der Waals surface area contributed by atoms with Gasteiger partial charge in [-0.15, -0.1) is 0 Å². The van der Waals surface area contributed by atoms with Gasteiger partial charge in [-0.05, 0) is 0 Å². The van der Waals surface area contributed by atoms with E-state index in [1.165, 1.54) is 12.0 Å². The zero-order valence-electron chi connectivity index (χ0n) is 10.8. The van der Waals surface area contributed by atoms with Crippen LogP contribution in [0.4, 0.5) is 13.2 Å². The van der Waals surface area contributed by atoms with E-state index in [1.54, 1.807) is 24.1 Å². The minimum atomic E-state index is -4.25. The second-order valence-corrected chi connectivity index (χ2v) is 4.17. The number of rotatable bonds is 6. The van der Waals surface area contributed by atoms with E-state index in [0.717, 1.165) is 5.56 Å². The van der Waals surface area contributed by atoms with Gasteiger partial charge in [-0.2, -0.15) is 18.3 Å². The van der Waals surface area contributed by atoms with Crippen molar-refractivity contribution in [2.24, 2.45) is 7.05 Å². The molecule has 0 bridgehead atoms. The van der Waals surface area contributed by atoms with Crippen LogP contribution < -0.4 is 0 Å². The van der Waals surface area contributed by atoms with Crippen LogP contribution in [0, 0.1) is 0 Å². The Labute approximate surface area is 108 Å². The molecule has 0 fully saturated rings. The number of ether oxygens (including phenoxy) is 1. The van der Waals surface area contributed by atoms with Crippen LogP contribution in [0.2, 0.25) is 0 Å². The van der Waals surface area contributed by atoms with Crippen LogP contribution in [0.1, 0.15) is 12.0 Å². The highest BCUT2D eigenvalue weighted by Gasteiger charge is 2.28. The molecule has 0 N–H and O–H groups in total. The molecule has 8 heteroatoms. The number of aromatic nitrogens is 2. The average molecular weight is 279 g/mol. The fourth-order valence-electron chi connectivity index (χ4n) is 1.56. The first-order chi connectivity index (χ1) is 8.80. The Hall–Kier alpha value is -1.57. The summed E-state index contributed by atoms with van der Waals surface area (Å²) in [7, 11) is 2.91. The molecule has 108 valence electrons. The predicted octanol–water partition coefficient (Wildman–Crippen LogP) is 1.35. The van der Waals surface area contributed by atoms with Crippen molar-refractivity contribution in [3.8, 4) is 0 Å². The second-order valence-electron chi connectivity index (χ2n) is 4.17. The molecular formula is C11H16F3N3O2. The van der Waals surface area contributed by atoms with E-state index in [0.29, 0.717) is 0 Å². The number of aryl methyl sites for hydroxylation is 1. The van der Waals surface area contributed by atoms with Crippen LogP contribution in [-0.2, 0) is 23.1 Å². The Kier molecular flexibility index (Phi) is 5.34. The van der Waals surface area contributed by atoms with Crippen LogP contribution in [0.5, 0.6) is 0 Å². The van der Waals surface area contributed by atoms with Gasteiger partial charge in [-0.3, -0.25) is 14.4 Å². The van der Waals surface area contributed by atoms with Crippen molar-refractivity contribution in [1.82, 2.24) is 14.7 Å². The lowest BCUT2D eigenvalue weighted by molar-refractivity contribution is -0.147. The first kappa shape index (κ1) is 15.5. The molecular weight excluding hydrogens is 263 g/mol. The minimum absolute atomic E-state index is 0.179. The Balaban J connectivity index is 2.60. The molecule has 0 amide bonds. The van der Waals surface area contributed by atoms with Crippen LogP contribution in [-0.4, -0.2) is 47.0 Å². The van der Waals surface area contributed by atoms with Gasteiger partial charge in [0.1, 0.15) is 0 Å². The highest BCUT2D eigenvalue weighted by atomic mass is 19.4. The van der Waals surface area contributed by atoms with Crippen LogP contribution in [0.3, 0.4) is 0 Å². The van der Waals surface area contributed by atoms with Gasteiger partial charge in [0.05, 0.1) is 26.3 Å². The maximum Gasteiger partial charge on any atom is 0.390 e. The lowest BCUT2D eigenvalue weighted by atomic mass is 10.3. The first-order valence-electron chi connectivity index (χ1n) is 5.63. The topological polar surface area (TPSA) is 47.4 Å². The molecule has 0 saturated heterocycles. The van der Waals surface area contributed by atoms with Crippen LogP contribution in [0.15, 0.2) is 12.4 Å². The highest BCUT2D eigenvalue weighted by molar-refractivity contribution is 5.71. The number of esters is 1. The molecule has 0 spiro atoms. The van der Waals surface area contributed by atoms with Crippen molar-refractivity contribution in [2.75, 3.05) is 20.2 Å². The monoisotopic (exact) mass is 279 g/mol. The molecule has 1 rings (SSSR count). The molecule has 19 heavy (non-hydrogen) atoms. The minimum Gasteiger partial charge on any atom is -0.468 e. The average Bonchev–Trinajstić information content (AvgIpc) is 2.70. The Morgan fingerprint density at radius 3 is 2.68 bits per heavy atom. The highest BCUT2D eigenvalue weighted by Crippen LogP contribution is 2.20. The van der Waals surface area contributed by atoms with E-state index >= 15 is 0 Å². The summed E-state index contributed by atoms with van der Waals surface area (Å²) in [5.74, 6) is -0.564. The molecule has 1 aromatic heterocycles. The van der Waals surface area contributed by atoms with Gasteiger partial charge in [-0.1, -0.05) is 0 Å². The van der Waals surface area contributed by atoms with E-state index in [9.17, 15) is 18.0 Å². The van der Waals surface area contributed by atoms with Crippen molar-refractivity contribution < 1.29 is 22.7 Å². The van der Waals surface area contributed by atoms with Crippen LogP contribution in [0.25, 0.3) is 0 Å². The normalized spacial score (nSPS) is 11.9. The van der Waals surface area contributed by atoms with Gasteiger partial charge < -0.3 is 4.74 Å². The van der Waals surface area contributed by atoms with E-state index in [-0.39, 0.29) is 19.6 Å². The summed E-state index contributed by atoms with van der Waals surface area (Å²) in [4.78, 5) is 12.6. The zero-order chi connectivity index (χ0) is 14.5. The Morgan fingerprint density at radius 2 is 2.21 bits per heavy atom. The van der Waals surface area contributed by atoms with Gasteiger partial charge in [-0.25, -0.2) is 0 Å². The van der Waals surface area contributed by atoms with E-state index < -0.39 is 18.6 Å². The molecule has 1 heterocycles. The first-order valence-corrected chi connectivity index (χ1v) is 5.63. The van der Waals surface area contributed by atoms with Gasteiger partial charge in [0.2, 0.25) is 0 Å². The summed E-state index contributed by atoms with van der Waals surface area (Å²) in [5.41, 5.74) is 0.744. The van der Waals surface area contributed by atoms with Crippen LogP contribution >= 0.6 is 0 Å². The quantitative estimate of drug-likeness (QED) is 0.737. The standard InChI is InChI=1S/C11H16F3N3O2/c1-16-6-9(5-15-16)7-17(8-10(18)19-2)4-3-11(12,13)14/h5-6H,3-4,7-8H2,1-2H3. The Bertz CT molecular complexity index is 418. The third kappa shape index (κ3) is 6.23. The Morgan fingerprint density at radius 1 is 1.53 bits per heavy atom. The van der Waals surface area contributed by atoms with Crippen molar-refractivity contribution in [3.05, 3.63) is 18.0 Å². The van der Waals surface area contributed by atoms with Crippen molar-refractivity contribution in [1.29, 1.82) is 0 Å². The molecule has 0 atom stereocenters. The third-order valence-corrected chi connectivity index (χ3v) is 2.46. The summed E-state index contributed by atoms with van der Waals surface area (Å²) in [6, 6.07) is 0. The van der Waals surface area contributed by atoms with Crippen molar-refractivity contribution in [2.45, 2.75) is 19.1 Å². The maximum atomic E-state index is 12.2. The molecule has 0 aliphatic carbocycles. The summed E-state index contributed by atoms with van der Waals surface area (Å²) < 4.78 is 42.7. The van der Waals surface area contributed by atoms with Crippen molar-refractivity contribution >= 4 is 5.97 Å². The molecule has 0 aromatic carbocycles. The maximum absolute atomic E-state index is 12.2. The third-order valence-electron chi connectivity index (χ3n) is 2.46. The molecule has 5 nitrogen and oxygen atoms in total. The summed E-state index contributed by atoms with van der Waals surface area (Å²) >= 11 is 0. The molecule has 0 saturated carbocycles. The van der Waals surface area contributed by atoms with Gasteiger partial charge in [0.25, 0.3) is 0 Å². The van der Waals surface area contributed by atoms with E-state index in [4.69, 9.17) is 0 Å². The smallest absolute Gasteiger partial charge is 0.390 e. The van der Waals surface area contributed by atoms with Gasteiger partial charge >= 0.3 is 12.1 Å². The number of carbonyl (C=O) groups excluding carboxylic acids is 1. The van der Waals surface area contributed by atoms with Crippen molar-refractivity contribution in [3.63, 3.8) is 0 Å². The molecule has 0 unspecified atom stereocenters. The van der Waals surface area contributed by atoms with E-state index in [2.05, 4.69) is 9.84 Å². The molecule has 0 aliphatic heterocycles. The lowest BCUT2D eigenvalue weighted by Gasteiger charge is -2.20. The number of hydrogen-bond donors (Lipinski definition) is 0. The lowest BCUT2D eigenvalue weighted by Crippen LogP contribution is -2.33. The number of hydrogen-bond acceptors (Lipinski definition) is 4. The number of methoxy groups -OCH3 is 1. The molecule has 1 aromatic rings. The second kappa shape index (κ2) is 6.55. The fourth-order valence-corrected chi connectivity index (χ4v) is 1.56. The fraction of sp³-hybridized carbons (Fsp3) is 0.636. The summed E-state index contributed by atoms with van der Waals surface area (Å²) in [6.07, 6.45) is -1.97. The summed E-state index contributed by atoms with van der Waals surface area (Å²) in [6.45, 7) is -0.214. The largest absolute Gasteiger partial charge is 0.468 e. The number of nitrogens with zero attached hydrogens (tertiary/aromatic N) is 3. The number of halogens is 3. The summed E-state index contributed by atoms with van der Waals surface area (Å²) in [5, 5.41) is 3.93. The number of carbonyl (C=O) groups is 1. The van der Waals surface area contributed by atoms with E-state index in [1.807, 2.05) is 0 Å². The molecule has 0 aliphatic rings. The molecule has 0 radical (unpaired) electrons. The van der Waals surface area contributed by atoms with Gasteiger partial charge in [0.15, 0.2) is 0 Å². The van der Waals surface area contributed by atoms with Gasteiger partial charge in [0, 0.05) is 31.9 Å². The predicted molar refractivity (Wildman–Crippen MR) is 61.2 cm³/mol. The number of alkyl halides is 3. The zero-order valence-corrected chi connectivity index (χ0v) is 10.8. The SMILES string of the molecule is COC(=O)CN(CCC(F)(F)F)Cc1cnn(C)c1.